The van der Waals surface area contributed by atoms with Gasteiger partial charge in [0.25, 0.3) is 0 Å². The molecule has 0 aliphatic carbocycles. The fourth-order valence-corrected chi connectivity index (χ4v) is 4.87. The molecule has 2 N–H and O–H groups in total. The lowest BCUT2D eigenvalue weighted by Crippen LogP contribution is -2.24. The van der Waals surface area contributed by atoms with Gasteiger partial charge in [0.1, 0.15) is 17.4 Å². The predicted octanol–water partition coefficient (Wildman–Crippen LogP) is 3.71. The molecular weight excluding hydrogens is 400 g/mol. The Morgan fingerprint density at radius 3 is 2.90 bits per heavy atom. The molecule has 1 atom stereocenters. The van der Waals surface area contributed by atoms with E-state index in [1.54, 1.807) is 6.92 Å². The molecule has 0 bridgehead atoms. The van der Waals surface area contributed by atoms with Gasteiger partial charge in [-0.2, -0.15) is 5.26 Å². The third-order valence-corrected chi connectivity index (χ3v) is 6.36. The molecule has 1 aliphatic heterocycles. The number of thiophene rings is 1. The van der Waals surface area contributed by atoms with Crippen molar-refractivity contribution in [1.29, 1.82) is 5.26 Å². The van der Waals surface area contributed by atoms with Gasteiger partial charge >= 0.3 is 5.97 Å². The number of benzene rings is 1. The third kappa shape index (κ3) is 3.23. The molecule has 0 saturated heterocycles. The molecular formula is C22H20N4O3S. The number of nitrogens with zero attached hydrogens (tertiary/aromatic N) is 3. The summed E-state index contributed by atoms with van der Waals surface area (Å²) in [6.45, 7) is 4.30. The Morgan fingerprint density at radius 2 is 2.17 bits per heavy atom. The van der Waals surface area contributed by atoms with Gasteiger partial charge < -0.3 is 19.8 Å². The van der Waals surface area contributed by atoms with Gasteiger partial charge in [0.2, 0.25) is 5.88 Å². The van der Waals surface area contributed by atoms with Crippen molar-refractivity contribution in [1.82, 2.24) is 9.55 Å². The van der Waals surface area contributed by atoms with Crippen molar-refractivity contribution in [3.05, 3.63) is 74.8 Å². The summed E-state index contributed by atoms with van der Waals surface area (Å²) in [5.74, 6) is -0.795. The van der Waals surface area contributed by atoms with Crippen molar-refractivity contribution in [3.8, 4) is 6.07 Å². The van der Waals surface area contributed by atoms with Crippen LogP contribution in [0.3, 0.4) is 0 Å². The molecule has 0 spiro atoms. The van der Waals surface area contributed by atoms with Crippen LogP contribution in [0.1, 0.15) is 28.2 Å². The highest BCUT2D eigenvalue weighted by Crippen LogP contribution is 2.43. The lowest BCUT2D eigenvalue weighted by molar-refractivity contribution is -0.136. The second kappa shape index (κ2) is 7.69. The van der Waals surface area contributed by atoms with Gasteiger partial charge in [-0.15, -0.1) is 11.3 Å². The number of carbonyl (C=O) groups is 1. The number of esters is 1. The van der Waals surface area contributed by atoms with E-state index < -0.39 is 11.9 Å². The number of imidazole rings is 1. The van der Waals surface area contributed by atoms with Crippen molar-refractivity contribution < 1.29 is 14.3 Å². The number of carbonyl (C=O) groups excluding carboxylic acids is 1. The maximum atomic E-state index is 12.5. The summed E-state index contributed by atoms with van der Waals surface area (Å²) in [6.07, 6.45) is 1.82. The monoisotopic (exact) mass is 420 g/mol. The normalized spacial score (nSPS) is 16.5. The van der Waals surface area contributed by atoms with Gasteiger partial charge in [-0.1, -0.05) is 12.1 Å². The van der Waals surface area contributed by atoms with Crippen LogP contribution in [0.2, 0.25) is 0 Å². The SMILES string of the molecule is COC(=O)C1=C(C)OC(N)=C(C#N)[C@@H]1c1cc(Cn2cnc3ccccc32)c(C)s1. The van der Waals surface area contributed by atoms with E-state index in [1.165, 1.54) is 18.4 Å². The van der Waals surface area contributed by atoms with E-state index in [1.807, 2.05) is 43.6 Å². The molecule has 0 unspecified atom stereocenters. The Kier molecular flexibility index (Phi) is 5.06. The van der Waals surface area contributed by atoms with Crippen LogP contribution in [-0.4, -0.2) is 22.6 Å². The van der Waals surface area contributed by atoms with Crippen molar-refractivity contribution in [2.75, 3.05) is 7.11 Å². The second-order valence-electron chi connectivity index (χ2n) is 6.98. The van der Waals surface area contributed by atoms with Crippen LogP contribution in [0, 0.1) is 18.3 Å². The molecule has 4 rings (SSSR count). The highest BCUT2D eigenvalue weighted by Gasteiger charge is 2.37. The molecule has 1 aliphatic rings. The molecule has 152 valence electrons. The van der Waals surface area contributed by atoms with Gasteiger partial charge in [0.15, 0.2) is 0 Å². The maximum absolute atomic E-state index is 12.5. The first kappa shape index (κ1) is 19.7. The van der Waals surface area contributed by atoms with Gasteiger partial charge in [0.05, 0.1) is 42.5 Å². The molecule has 0 fully saturated rings. The summed E-state index contributed by atoms with van der Waals surface area (Å²) in [5.41, 5.74) is 9.54. The highest BCUT2D eigenvalue weighted by molar-refractivity contribution is 7.12. The fraction of sp³-hybridized carbons (Fsp3) is 0.227. The van der Waals surface area contributed by atoms with Gasteiger partial charge in [-0.3, -0.25) is 0 Å². The molecule has 3 aromatic rings. The molecule has 0 amide bonds. The maximum Gasteiger partial charge on any atom is 0.338 e. The van der Waals surface area contributed by atoms with Gasteiger partial charge in [0, 0.05) is 9.75 Å². The number of fused-ring (bicyclic) bond motifs is 1. The van der Waals surface area contributed by atoms with Crippen LogP contribution >= 0.6 is 11.3 Å². The van der Waals surface area contributed by atoms with E-state index in [0.717, 1.165) is 26.4 Å². The number of methoxy groups -OCH3 is 1. The highest BCUT2D eigenvalue weighted by atomic mass is 32.1. The van der Waals surface area contributed by atoms with E-state index in [2.05, 4.69) is 15.6 Å². The smallest absolute Gasteiger partial charge is 0.338 e. The third-order valence-electron chi connectivity index (χ3n) is 5.20. The van der Waals surface area contributed by atoms with Crippen LogP contribution in [0.4, 0.5) is 0 Å². The van der Waals surface area contributed by atoms with E-state index in [-0.39, 0.29) is 11.5 Å². The molecule has 0 saturated carbocycles. The number of para-hydroxylation sites is 2. The Balaban J connectivity index is 1.77. The Hall–Kier alpha value is -3.57. The number of allylic oxidation sites excluding steroid dienone is 2. The molecule has 2 aromatic heterocycles. The number of aryl methyl sites for hydroxylation is 1. The standard InChI is InChI=1S/C22H20N4O3S/c1-12-19(22(27)28-3)20(15(9-23)21(24)29-12)18-8-14(13(2)30-18)10-26-11-25-16-6-4-5-7-17(16)26/h4-8,11,20H,10,24H2,1-3H3/t20-/m1/s1. The topological polar surface area (TPSA) is 103 Å². The molecule has 30 heavy (non-hydrogen) atoms. The van der Waals surface area contributed by atoms with E-state index in [4.69, 9.17) is 15.2 Å². The second-order valence-corrected chi connectivity index (χ2v) is 8.27. The quantitative estimate of drug-likeness (QED) is 0.646. The number of ether oxygens (including phenoxy) is 2. The number of nitrogens with two attached hydrogens (primary N) is 1. The van der Waals surface area contributed by atoms with E-state index in [0.29, 0.717) is 17.9 Å². The number of rotatable bonds is 4. The first-order valence-electron chi connectivity index (χ1n) is 9.30. The van der Waals surface area contributed by atoms with Crippen molar-refractivity contribution in [2.45, 2.75) is 26.3 Å². The minimum atomic E-state index is -0.617. The van der Waals surface area contributed by atoms with Crippen molar-refractivity contribution in [3.63, 3.8) is 0 Å². The summed E-state index contributed by atoms with van der Waals surface area (Å²) in [4.78, 5) is 18.9. The number of hydrogen-bond donors (Lipinski definition) is 1. The summed E-state index contributed by atoms with van der Waals surface area (Å²) in [5, 5.41) is 9.70. The zero-order valence-corrected chi connectivity index (χ0v) is 17.6. The van der Waals surface area contributed by atoms with Crippen LogP contribution < -0.4 is 5.73 Å². The Labute approximate surface area is 177 Å². The average Bonchev–Trinajstić information content (AvgIpc) is 3.31. The van der Waals surface area contributed by atoms with Crippen molar-refractivity contribution in [2.24, 2.45) is 5.73 Å². The molecule has 1 aromatic carbocycles. The van der Waals surface area contributed by atoms with Crippen molar-refractivity contribution >= 4 is 28.3 Å². The first-order valence-corrected chi connectivity index (χ1v) is 10.1. The Bertz CT molecular complexity index is 1260. The lowest BCUT2D eigenvalue weighted by atomic mass is 9.87. The summed E-state index contributed by atoms with van der Waals surface area (Å²) in [7, 11) is 1.31. The Morgan fingerprint density at radius 1 is 1.40 bits per heavy atom. The molecule has 7 nitrogen and oxygen atoms in total. The largest absolute Gasteiger partial charge is 0.466 e. The number of hydrogen-bond acceptors (Lipinski definition) is 7. The molecule has 8 heteroatoms. The minimum absolute atomic E-state index is 0.0147. The molecule has 3 heterocycles. The molecule has 0 radical (unpaired) electrons. The zero-order valence-electron chi connectivity index (χ0n) is 16.8. The predicted molar refractivity (Wildman–Crippen MR) is 113 cm³/mol. The zero-order chi connectivity index (χ0) is 21.4. The summed E-state index contributed by atoms with van der Waals surface area (Å²) < 4.78 is 12.5. The fourth-order valence-electron chi connectivity index (χ4n) is 3.70. The number of nitriles is 1. The minimum Gasteiger partial charge on any atom is -0.466 e. The van der Waals surface area contributed by atoms with Gasteiger partial charge in [-0.05, 0) is 37.6 Å². The van der Waals surface area contributed by atoms with E-state index >= 15 is 0 Å². The average molecular weight is 420 g/mol. The number of aromatic nitrogens is 2. The summed E-state index contributed by atoms with van der Waals surface area (Å²) in [6, 6.07) is 12.1. The van der Waals surface area contributed by atoms with Crippen LogP contribution in [0.15, 0.2) is 59.4 Å². The first-order chi connectivity index (χ1) is 14.4. The van der Waals surface area contributed by atoms with Crippen LogP contribution in [0.5, 0.6) is 0 Å². The van der Waals surface area contributed by atoms with Crippen LogP contribution in [-0.2, 0) is 20.8 Å². The van der Waals surface area contributed by atoms with Crippen LogP contribution in [0.25, 0.3) is 11.0 Å². The van der Waals surface area contributed by atoms with Gasteiger partial charge in [-0.25, -0.2) is 9.78 Å². The summed E-state index contributed by atoms with van der Waals surface area (Å²) >= 11 is 1.53. The lowest BCUT2D eigenvalue weighted by Gasteiger charge is -2.25. The van der Waals surface area contributed by atoms with E-state index in [9.17, 15) is 10.1 Å².